The van der Waals surface area contributed by atoms with E-state index in [1.165, 1.54) is 11.6 Å². The molecule has 1 saturated heterocycles. The molecule has 32 heavy (non-hydrogen) atoms. The number of carbonyl (C=O) groups is 1. The molecule has 0 aliphatic carbocycles. The van der Waals surface area contributed by atoms with Gasteiger partial charge in [0.2, 0.25) is 0 Å². The zero-order valence-corrected chi connectivity index (χ0v) is 20.2. The predicted molar refractivity (Wildman–Crippen MR) is 128 cm³/mol. The number of benzene rings is 2. The first kappa shape index (κ1) is 26.3. The molecule has 0 bridgehead atoms. The van der Waals surface area contributed by atoms with Crippen molar-refractivity contribution in [3.63, 3.8) is 0 Å². The van der Waals surface area contributed by atoms with E-state index < -0.39 is 0 Å². The van der Waals surface area contributed by atoms with Crippen LogP contribution in [0.4, 0.5) is 4.39 Å². The fourth-order valence-corrected chi connectivity index (χ4v) is 4.14. The van der Waals surface area contributed by atoms with Gasteiger partial charge in [0.1, 0.15) is 18.5 Å². The van der Waals surface area contributed by atoms with Gasteiger partial charge < -0.3 is 9.47 Å². The maximum atomic E-state index is 14.2. The van der Waals surface area contributed by atoms with Crippen LogP contribution in [-0.4, -0.2) is 43.2 Å². The van der Waals surface area contributed by atoms with Crippen LogP contribution in [0.2, 0.25) is 0 Å². The third kappa shape index (κ3) is 6.77. The van der Waals surface area contributed by atoms with Gasteiger partial charge in [-0.2, -0.15) is 0 Å². The summed E-state index contributed by atoms with van der Waals surface area (Å²) in [5, 5.41) is 0. The Balaban J connectivity index is 0.00000363. The number of morpholine rings is 1. The normalized spacial score (nSPS) is 19.9. The van der Waals surface area contributed by atoms with Gasteiger partial charge in [-0.3, -0.25) is 9.69 Å². The lowest BCUT2D eigenvalue weighted by Crippen LogP contribution is -2.47. The van der Waals surface area contributed by atoms with Crippen molar-refractivity contribution in [2.24, 2.45) is 5.92 Å². The average Bonchev–Trinajstić information content (AvgIpc) is 2.75. The molecule has 1 aliphatic rings. The van der Waals surface area contributed by atoms with Gasteiger partial charge in [0.15, 0.2) is 0 Å². The maximum Gasteiger partial charge on any atom is 0.313 e. The van der Waals surface area contributed by atoms with Crippen LogP contribution in [0.5, 0.6) is 0 Å². The first-order valence-corrected chi connectivity index (χ1v) is 11.2. The molecule has 0 N–H and O–H groups in total. The summed E-state index contributed by atoms with van der Waals surface area (Å²) in [6.07, 6.45) is 0.707. The zero-order valence-electron chi connectivity index (χ0n) is 19.4. The van der Waals surface area contributed by atoms with E-state index in [1.54, 1.807) is 12.1 Å². The fourth-order valence-electron chi connectivity index (χ4n) is 4.14. The largest absolute Gasteiger partial charge is 0.464 e. The second-order valence-electron chi connectivity index (χ2n) is 8.82. The molecular formula is C26H35ClFNO3. The molecule has 2 aromatic carbocycles. The summed E-state index contributed by atoms with van der Waals surface area (Å²) >= 11 is 0. The third-order valence-corrected chi connectivity index (χ3v) is 6.00. The topological polar surface area (TPSA) is 38.8 Å². The van der Waals surface area contributed by atoms with Crippen LogP contribution in [0.25, 0.3) is 0 Å². The minimum atomic E-state index is -0.325. The molecule has 6 heteroatoms. The average molecular weight is 464 g/mol. The number of hydrogen-bond donors (Lipinski definition) is 0. The number of esters is 1. The fraction of sp³-hybridized carbons (Fsp3) is 0.500. The molecule has 0 radical (unpaired) electrons. The van der Waals surface area contributed by atoms with Crippen LogP contribution in [-0.2, 0) is 20.7 Å². The van der Waals surface area contributed by atoms with Crippen LogP contribution in [0.15, 0.2) is 48.5 Å². The molecule has 2 aromatic rings. The quantitative estimate of drug-likeness (QED) is 0.481. The molecule has 1 heterocycles. The Kier molecular flexibility index (Phi) is 10.1. The van der Waals surface area contributed by atoms with Gasteiger partial charge in [-0.05, 0) is 43.4 Å². The number of carbonyl (C=O) groups excluding carboxylic acids is 1. The van der Waals surface area contributed by atoms with E-state index in [1.807, 2.05) is 32.0 Å². The molecule has 0 aromatic heterocycles. The summed E-state index contributed by atoms with van der Waals surface area (Å²) in [5.41, 5.74) is 2.83. The minimum Gasteiger partial charge on any atom is -0.464 e. The molecule has 3 unspecified atom stereocenters. The Hall–Kier alpha value is -1.95. The molecule has 3 rings (SSSR count). The van der Waals surface area contributed by atoms with E-state index in [9.17, 15) is 9.18 Å². The van der Waals surface area contributed by atoms with Crippen LogP contribution >= 0.6 is 12.4 Å². The molecule has 1 aliphatic heterocycles. The smallest absolute Gasteiger partial charge is 0.313 e. The van der Waals surface area contributed by atoms with E-state index in [0.29, 0.717) is 31.2 Å². The number of nitrogens with zero attached hydrogens (tertiary/aromatic N) is 1. The predicted octanol–water partition coefficient (Wildman–Crippen LogP) is 5.55. The third-order valence-electron chi connectivity index (χ3n) is 6.00. The molecule has 176 valence electrons. The molecule has 1 fully saturated rings. The molecule has 0 saturated carbocycles. The molecule has 4 nitrogen and oxygen atoms in total. The summed E-state index contributed by atoms with van der Waals surface area (Å²) in [6.45, 7) is 10.5. The number of hydrogen-bond acceptors (Lipinski definition) is 4. The number of halogens is 2. The van der Waals surface area contributed by atoms with Crippen LogP contribution in [0, 0.1) is 11.7 Å². The number of ether oxygens (including phenoxy) is 2. The van der Waals surface area contributed by atoms with E-state index >= 15 is 0 Å². The van der Waals surface area contributed by atoms with Gasteiger partial charge in [-0.25, -0.2) is 4.39 Å². The van der Waals surface area contributed by atoms with Gasteiger partial charge in [-0.15, -0.1) is 12.4 Å². The second-order valence-corrected chi connectivity index (χ2v) is 8.82. The zero-order chi connectivity index (χ0) is 22.4. The molecule has 0 spiro atoms. The Morgan fingerprint density at radius 2 is 1.84 bits per heavy atom. The second kappa shape index (κ2) is 12.3. The van der Waals surface area contributed by atoms with Crippen molar-refractivity contribution in [2.75, 3.05) is 26.3 Å². The van der Waals surface area contributed by atoms with Gasteiger partial charge in [0.05, 0.1) is 12.5 Å². The van der Waals surface area contributed by atoms with Gasteiger partial charge in [0.25, 0.3) is 0 Å². The summed E-state index contributed by atoms with van der Waals surface area (Å²) in [6, 6.07) is 15.0. The van der Waals surface area contributed by atoms with Crippen molar-refractivity contribution < 1.29 is 18.7 Å². The number of rotatable bonds is 8. The Labute approximate surface area is 197 Å². The van der Waals surface area contributed by atoms with Crippen LogP contribution < -0.4 is 0 Å². The van der Waals surface area contributed by atoms with Crippen molar-refractivity contribution in [2.45, 2.75) is 52.2 Å². The molecule has 3 atom stereocenters. The highest BCUT2D eigenvalue weighted by atomic mass is 35.5. The lowest BCUT2D eigenvalue weighted by atomic mass is 9.97. The van der Waals surface area contributed by atoms with Crippen LogP contribution in [0.1, 0.15) is 56.4 Å². The Morgan fingerprint density at radius 1 is 1.16 bits per heavy atom. The van der Waals surface area contributed by atoms with Crippen molar-refractivity contribution >= 4 is 18.4 Å². The first-order chi connectivity index (χ1) is 14.9. The summed E-state index contributed by atoms with van der Waals surface area (Å²) in [4.78, 5) is 14.7. The highest BCUT2D eigenvalue weighted by Crippen LogP contribution is 2.30. The summed E-state index contributed by atoms with van der Waals surface area (Å²) in [7, 11) is 0. The van der Waals surface area contributed by atoms with E-state index in [0.717, 1.165) is 18.5 Å². The van der Waals surface area contributed by atoms with Gasteiger partial charge in [-0.1, -0.05) is 56.3 Å². The SMILES string of the molecule is CC(C)Cc1ccc(C(C)C(=O)OCCN2CCOC(c3ccccc3F)C2C)cc1.Cl. The van der Waals surface area contributed by atoms with E-state index in [2.05, 4.69) is 30.9 Å². The van der Waals surface area contributed by atoms with Crippen molar-refractivity contribution in [3.05, 3.63) is 71.0 Å². The lowest BCUT2D eigenvalue weighted by Gasteiger charge is -2.39. The highest BCUT2D eigenvalue weighted by molar-refractivity contribution is 5.85. The van der Waals surface area contributed by atoms with E-state index in [4.69, 9.17) is 9.47 Å². The molecular weight excluding hydrogens is 429 g/mol. The van der Waals surface area contributed by atoms with Crippen molar-refractivity contribution in [1.29, 1.82) is 0 Å². The highest BCUT2D eigenvalue weighted by Gasteiger charge is 2.31. The molecule has 0 amide bonds. The standard InChI is InChI=1S/C26H34FNO3.ClH/c1-18(2)17-21-9-11-22(12-10-21)19(3)26(29)31-16-14-28-13-15-30-25(20(28)4)23-7-5-6-8-24(23)27;/h5-12,18-20,25H,13-17H2,1-4H3;1H. The van der Waals surface area contributed by atoms with Gasteiger partial charge >= 0.3 is 5.97 Å². The van der Waals surface area contributed by atoms with Gasteiger partial charge in [0, 0.05) is 24.7 Å². The Bertz CT molecular complexity index is 858. The van der Waals surface area contributed by atoms with Crippen LogP contribution in [0.3, 0.4) is 0 Å². The van der Waals surface area contributed by atoms with E-state index in [-0.39, 0.29) is 42.3 Å². The van der Waals surface area contributed by atoms with Crippen molar-refractivity contribution in [3.8, 4) is 0 Å². The lowest BCUT2D eigenvalue weighted by molar-refractivity contribution is -0.146. The minimum absolute atomic E-state index is 0. The summed E-state index contributed by atoms with van der Waals surface area (Å²) in [5.74, 6) is -0.167. The monoisotopic (exact) mass is 463 g/mol. The summed E-state index contributed by atoms with van der Waals surface area (Å²) < 4.78 is 25.6. The maximum absolute atomic E-state index is 14.2. The Morgan fingerprint density at radius 3 is 2.50 bits per heavy atom. The van der Waals surface area contributed by atoms with Crippen molar-refractivity contribution in [1.82, 2.24) is 4.90 Å². The first-order valence-electron chi connectivity index (χ1n) is 11.2.